The molecule has 0 atom stereocenters. The van der Waals surface area contributed by atoms with Gasteiger partial charge in [0.1, 0.15) is 5.82 Å². The van der Waals surface area contributed by atoms with Gasteiger partial charge in [0, 0.05) is 18.9 Å². The summed E-state index contributed by atoms with van der Waals surface area (Å²) in [6, 6.07) is 10.0. The Hall–Kier alpha value is -1.61. The van der Waals surface area contributed by atoms with Gasteiger partial charge in [-0.05, 0) is 42.3 Å². The molecule has 96 valence electrons. The Bertz CT molecular complexity index is 454. The number of hydrogen-bond donors (Lipinski definition) is 0. The number of rotatable bonds is 2. The average Bonchev–Trinajstić information content (AvgIpc) is 2.40. The Balaban J connectivity index is 0.000000771. The number of nitrogens with zero attached hydrogens (tertiary/aromatic N) is 3. The molecule has 1 heterocycles. The Kier molecular flexibility index (Phi) is 5.59. The van der Waals surface area contributed by atoms with Gasteiger partial charge in [-0.25, -0.2) is 9.97 Å². The first kappa shape index (κ1) is 14.5. The molecule has 4 heteroatoms. The number of hydrogen-bond acceptors (Lipinski definition) is 3. The molecule has 0 saturated carbocycles. The standard InChI is InChI=1S/C12H12ClN3.C2H6/c1-9-4-3-5-10(8-9)16(2)11-6-7-14-12(13)15-11;1-2/h3-8H,1-2H3;1-2H3. The molecule has 2 aromatic rings. The van der Waals surface area contributed by atoms with Crippen molar-refractivity contribution >= 4 is 23.1 Å². The fourth-order valence-corrected chi connectivity index (χ4v) is 1.62. The Labute approximate surface area is 113 Å². The van der Waals surface area contributed by atoms with Gasteiger partial charge < -0.3 is 4.90 Å². The summed E-state index contributed by atoms with van der Waals surface area (Å²) >= 11 is 5.76. The van der Waals surface area contributed by atoms with Crippen LogP contribution in [-0.4, -0.2) is 17.0 Å². The third-order valence-corrected chi connectivity index (χ3v) is 2.53. The van der Waals surface area contributed by atoms with Crippen LogP contribution >= 0.6 is 11.6 Å². The molecule has 0 aliphatic heterocycles. The molecule has 2 rings (SSSR count). The second-order valence-corrected chi connectivity index (χ2v) is 3.92. The van der Waals surface area contributed by atoms with Crippen LogP contribution in [0, 0.1) is 6.92 Å². The van der Waals surface area contributed by atoms with E-state index in [1.165, 1.54) is 5.56 Å². The van der Waals surface area contributed by atoms with Crippen molar-refractivity contribution in [3.63, 3.8) is 0 Å². The predicted molar refractivity (Wildman–Crippen MR) is 77.6 cm³/mol. The molecule has 18 heavy (non-hydrogen) atoms. The maximum Gasteiger partial charge on any atom is 0.224 e. The first-order valence-electron chi connectivity index (χ1n) is 5.96. The summed E-state index contributed by atoms with van der Waals surface area (Å²) in [5.41, 5.74) is 2.29. The monoisotopic (exact) mass is 263 g/mol. The number of anilines is 2. The summed E-state index contributed by atoms with van der Waals surface area (Å²) in [5.74, 6) is 0.783. The maximum atomic E-state index is 5.76. The summed E-state index contributed by atoms with van der Waals surface area (Å²) in [5, 5.41) is 0.261. The van der Waals surface area contributed by atoms with Crippen molar-refractivity contribution < 1.29 is 0 Å². The summed E-state index contributed by atoms with van der Waals surface area (Å²) in [6.45, 7) is 6.06. The van der Waals surface area contributed by atoms with Gasteiger partial charge >= 0.3 is 0 Å². The highest BCUT2D eigenvalue weighted by molar-refractivity contribution is 6.28. The van der Waals surface area contributed by atoms with E-state index in [1.54, 1.807) is 6.20 Å². The minimum absolute atomic E-state index is 0.261. The van der Waals surface area contributed by atoms with Crippen LogP contribution in [-0.2, 0) is 0 Å². The van der Waals surface area contributed by atoms with Crippen LogP contribution in [0.4, 0.5) is 11.5 Å². The lowest BCUT2D eigenvalue weighted by molar-refractivity contribution is 1.08. The van der Waals surface area contributed by atoms with Gasteiger partial charge in [0.15, 0.2) is 0 Å². The predicted octanol–water partition coefficient (Wildman–Crippen LogP) is 4.23. The van der Waals surface area contributed by atoms with Gasteiger partial charge in [0.25, 0.3) is 0 Å². The Morgan fingerprint density at radius 1 is 1.17 bits per heavy atom. The quantitative estimate of drug-likeness (QED) is 0.759. The highest BCUT2D eigenvalue weighted by Crippen LogP contribution is 2.22. The highest BCUT2D eigenvalue weighted by Gasteiger charge is 2.05. The van der Waals surface area contributed by atoms with E-state index in [0.717, 1.165) is 11.5 Å². The minimum atomic E-state index is 0.261. The zero-order chi connectivity index (χ0) is 13.5. The van der Waals surface area contributed by atoms with Crippen molar-refractivity contribution in [2.45, 2.75) is 20.8 Å². The van der Waals surface area contributed by atoms with Crippen LogP contribution in [0.2, 0.25) is 5.28 Å². The molecule has 0 radical (unpaired) electrons. The number of aromatic nitrogens is 2. The molecule has 0 fully saturated rings. The first-order valence-corrected chi connectivity index (χ1v) is 6.33. The molecule has 0 unspecified atom stereocenters. The van der Waals surface area contributed by atoms with E-state index in [9.17, 15) is 0 Å². The largest absolute Gasteiger partial charge is 0.329 e. The van der Waals surface area contributed by atoms with Gasteiger partial charge in [-0.1, -0.05) is 26.0 Å². The lowest BCUT2D eigenvalue weighted by Crippen LogP contribution is -2.11. The molecule has 0 saturated heterocycles. The van der Waals surface area contributed by atoms with Crippen LogP contribution in [0.15, 0.2) is 36.5 Å². The van der Waals surface area contributed by atoms with Crippen molar-refractivity contribution in [2.24, 2.45) is 0 Å². The third-order valence-electron chi connectivity index (χ3n) is 2.34. The molecular weight excluding hydrogens is 246 g/mol. The lowest BCUT2D eigenvalue weighted by Gasteiger charge is -2.18. The van der Waals surface area contributed by atoms with Crippen LogP contribution in [0.1, 0.15) is 19.4 Å². The van der Waals surface area contributed by atoms with Gasteiger partial charge in [0.2, 0.25) is 5.28 Å². The lowest BCUT2D eigenvalue weighted by atomic mass is 10.2. The highest BCUT2D eigenvalue weighted by atomic mass is 35.5. The molecule has 3 nitrogen and oxygen atoms in total. The maximum absolute atomic E-state index is 5.76. The van der Waals surface area contributed by atoms with Crippen molar-refractivity contribution in [3.05, 3.63) is 47.4 Å². The fraction of sp³-hybridized carbons (Fsp3) is 0.286. The third kappa shape index (κ3) is 3.70. The molecule has 0 bridgehead atoms. The number of halogens is 1. The number of aryl methyl sites for hydroxylation is 1. The van der Waals surface area contributed by atoms with E-state index in [-0.39, 0.29) is 5.28 Å². The van der Waals surface area contributed by atoms with Crippen molar-refractivity contribution in [2.75, 3.05) is 11.9 Å². The Morgan fingerprint density at radius 3 is 2.50 bits per heavy atom. The normalized spacial score (nSPS) is 9.39. The van der Waals surface area contributed by atoms with Gasteiger partial charge in [0.05, 0.1) is 0 Å². The topological polar surface area (TPSA) is 29.0 Å². The zero-order valence-electron chi connectivity index (χ0n) is 11.2. The zero-order valence-corrected chi connectivity index (χ0v) is 11.9. The van der Waals surface area contributed by atoms with E-state index in [2.05, 4.69) is 29.0 Å². The first-order chi connectivity index (χ1) is 8.66. The molecule has 1 aromatic carbocycles. The van der Waals surface area contributed by atoms with E-state index >= 15 is 0 Å². The average molecular weight is 264 g/mol. The molecule has 1 aromatic heterocycles. The van der Waals surface area contributed by atoms with Gasteiger partial charge in [-0.3, -0.25) is 0 Å². The van der Waals surface area contributed by atoms with Crippen molar-refractivity contribution in [1.29, 1.82) is 0 Å². The summed E-state index contributed by atoms with van der Waals surface area (Å²) in [4.78, 5) is 9.99. The van der Waals surface area contributed by atoms with Crippen LogP contribution in [0.5, 0.6) is 0 Å². The van der Waals surface area contributed by atoms with E-state index in [1.807, 2.05) is 44.0 Å². The van der Waals surface area contributed by atoms with Crippen LogP contribution in [0.25, 0.3) is 0 Å². The minimum Gasteiger partial charge on any atom is -0.329 e. The summed E-state index contributed by atoms with van der Waals surface area (Å²) in [6.07, 6.45) is 1.65. The fourth-order valence-electron chi connectivity index (χ4n) is 1.48. The molecule has 0 spiro atoms. The number of benzene rings is 1. The van der Waals surface area contributed by atoms with E-state index in [4.69, 9.17) is 11.6 Å². The van der Waals surface area contributed by atoms with E-state index < -0.39 is 0 Å². The summed E-state index contributed by atoms with van der Waals surface area (Å²) in [7, 11) is 1.95. The van der Waals surface area contributed by atoms with Gasteiger partial charge in [-0.2, -0.15) is 0 Å². The second-order valence-electron chi connectivity index (χ2n) is 3.58. The van der Waals surface area contributed by atoms with E-state index in [0.29, 0.717) is 0 Å². The van der Waals surface area contributed by atoms with Crippen molar-refractivity contribution in [1.82, 2.24) is 9.97 Å². The molecule has 0 aliphatic rings. The van der Waals surface area contributed by atoms with Crippen molar-refractivity contribution in [3.8, 4) is 0 Å². The van der Waals surface area contributed by atoms with Gasteiger partial charge in [-0.15, -0.1) is 0 Å². The molecule has 0 amide bonds. The van der Waals surface area contributed by atoms with Crippen LogP contribution in [0.3, 0.4) is 0 Å². The molecule has 0 aliphatic carbocycles. The van der Waals surface area contributed by atoms with Crippen LogP contribution < -0.4 is 4.90 Å². The SMILES string of the molecule is CC.Cc1cccc(N(C)c2ccnc(Cl)n2)c1. The smallest absolute Gasteiger partial charge is 0.224 e. The molecule has 0 N–H and O–H groups in total. The Morgan fingerprint density at radius 2 is 1.89 bits per heavy atom. The molecular formula is C14H18ClN3. The summed E-state index contributed by atoms with van der Waals surface area (Å²) < 4.78 is 0. The second kappa shape index (κ2) is 6.97.